The fourth-order valence-corrected chi connectivity index (χ4v) is 4.49. The summed E-state index contributed by atoms with van der Waals surface area (Å²) in [4.78, 5) is 19.1. The lowest BCUT2D eigenvalue weighted by molar-refractivity contribution is -0.139. The van der Waals surface area contributed by atoms with Gasteiger partial charge in [0.15, 0.2) is 5.13 Å². The molecule has 0 radical (unpaired) electrons. The number of carbonyl (C=O) groups is 1. The monoisotopic (exact) mass is 367 g/mol. The van der Waals surface area contributed by atoms with Gasteiger partial charge < -0.3 is 10.2 Å². The molecule has 6 nitrogen and oxygen atoms in total. The molecule has 1 fully saturated rings. The molecule has 1 amide bonds. The Balaban J connectivity index is 1.25. The molecule has 2 aliphatic rings. The van der Waals surface area contributed by atoms with E-state index in [2.05, 4.69) is 27.5 Å². The molecule has 1 N–H and O–H groups in total. The number of anilines is 1. The van der Waals surface area contributed by atoms with Crippen molar-refractivity contribution in [2.45, 2.75) is 38.9 Å². The minimum atomic E-state index is 0.268. The molecule has 0 saturated heterocycles. The summed E-state index contributed by atoms with van der Waals surface area (Å²) in [6, 6.07) is 10.3. The first kappa shape index (κ1) is 15.8. The standard InChI is InChI=1S/C19H21N5OS/c25-18(13-4-3-5-13)23-8-9-24-15(12-23)10-14(22-24)11-20-19-21-16-6-1-2-7-17(16)26-19/h1-2,6-7,10,13H,3-5,8-9,11-12H2,(H,20,21). The Morgan fingerprint density at radius 1 is 1.27 bits per heavy atom. The predicted octanol–water partition coefficient (Wildman–Crippen LogP) is 3.25. The summed E-state index contributed by atoms with van der Waals surface area (Å²) in [5, 5.41) is 8.98. The highest BCUT2D eigenvalue weighted by Gasteiger charge is 2.31. The number of hydrogen-bond donors (Lipinski definition) is 1. The number of aromatic nitrogens is 3. The molecule has 1 aromatic carbocycles. The molecule has 134 valence electrons. The Morgan fingerprint density at radius 2 is 2.15 bits per heavy atom. The van der Waals surface area contributed by atoms with E-state index in [1.807, 2.05) is 27.8 Å². The topological polar surface area (TPSA) is 63.1 Å². The van der Waals surface area contributed by atoms with E-state index in [9.17, 15) is 4.79 Å². The third-order valence-corrected chi connectivity index (χ3v) is 6.32. The smallest absolute Gasteiger partial charge is 0.226 e. The van der Waals surface area contributed by atoms with E-state index in [0.29, 0.717) is 19.0 Å². The van der Waals surface area contributed by atoms with Gasteiger partial charge in [0, 0.05) is 12.5 Å². The summed E-state index contributed by atoms with van der Waals surface area (Å²) in [6.07, 6.45) is 3.32. The molecule has 1 aliphatic heterocycles. The summed E-state index contributed by atoms with van der Waals surface area (Å²) in [5.41, 5.74) is 3.15. The number of amides is 1. The van der Waals surface area contributed by atoms with Crippen LogP contribution in [-0.2, 0) is 24.4 Å². The van der Waals surface area contributed by atoms with Crippen molar-refractivity contribution in [2.24, 2.45) is 5.92 Å². The lowest BCUT2D eigenvalue weighted by atomic mass is 9.84. The largest absolute Gasteiger partial charge is 0.356 e. The maximum Gasteiger partial charge on any atom is 0.226 e. The zero-order chi connectivity index (χ0) is 17.5. The minimum absolute atomic E-state index is 0.268. The molecule has 26 heavy (non-hydrogen) atoms. The second-order valence-electron chi connectivity index (χ2n) is 7.08. The van der Waals surface area contributed by atoms with Gasteiger partial charge in [0.2, 0.25) is 5.91 Å². The van der Waals surface area contributed by atoms with Crippen LogP contribution >= 0.6 is 11.3 Å². The van der Waals surface area contributed by atoms with Crippen LogP contribution in [0.1, 0.15) is 30.7 Å². The van der Waals surface area contributed by atoms with Crippen molar-refractivity contribution in [3.63, 3.8) is 0 Å². The highest BCUT2D eigenvalue weighted by molar-refractivity contribution is 7.22. The van der Waals surface area contributed by atoms with Crippen molar-refractivity contribution in [1.82, 2.24) is 19.7 Å². The number of nitrogens with zero attached hydrogens (tertiary/aromatic N) is 4. The minimum Gasteiger partial charge on any atom is -0.356 e. The van der Waals surface area contributed by atoms with Gasteiger partial charge in [0.25, 0.3) is 0 Å². The van der Waals surface area contributed by atoms with E-state index in [0.717, 1.165) is 48.0 Å². The summed E-state index contributed by atoms with van der Waals surface area (Å²) in [7, 11) is 0. The van der Waals surface area contributed by atoms with Crippen LogP contribution in [0.5, 0.6) is 0 Å². The molecular formula is C19H21N5OS. The van der Waals surface area contributed by atoms with Gasteiger partial charge in [0.05, 0.1) is 41.2 Å². The summed E-state index contributed by atoms with van der Waals surface area (Å²) < 4.78 is 3.23. The molecule has 3 heterocycles. The summed E-state index contributed by atoms with van der Waals surface area (Å²) in [6.45, 7) is 2.89. The third kappa shape index (κ3) is 2.86. The van der Waals surface area contributed by atoms with Crippen LogP contribution in [0, 0.1) is 5.92 Å². The number of thiazole rings is 1. The summed E-state index contributed by atoms with van der Waals surface area (Å²) >= 11 is 1.66. The first-order chi connectivity index (χ1) is 12.8. The molecule has 0 spiro atoms. The highest BCUT2D eigenvalue weighted by atomic mass is 32.1. The first-order valence-corrected chi connectivity index (χ1v) is 10.0. The Hall–Kier alpha value is -2.41. The second-order valence-corrected chi connectivity index (χ2v) is 8.11. The number of fused-ring (bicyclic) bond motifs is 2. The number of benzene rings is 1. The highest BCUT2D eigenvalue weighted by Crippen LogP contribution is 2.30. The van der Waals surface area contributed by atoms with Crippen molar-refractivity contribution in [3.8, 4) is 0 Å². The van der Waals surface area contributed by atoms with Crippen LogP contribution in [0.15, 0.2) is 30.3 Å². The molecule has 1 aliphatic carbocycles. The molecule has 0 bridgehead atoms. The molecular weight excluding hydrogens is 346 g/mol. The first-order valence-electron chi connectivity index (χ1n) is 9.20. The summed E-state index contributed by atoms with van der Waals surface area (Å²) in [5.74, 6) is 0.600. The van der Waals surface area contributed by atoms with Crippen molar-refractivity contribution < 1.29 is 4.79 Å². The Bertz CT molecular complexity index is 925. The van der Waals surface area contributed by atoms with E-state index >= 15 is 0 Å². The average Bonchev–Trinajstić information content (AvgIpc) is 3.20. The van der Waals surface area contributed by atoms with Crippen LogP contribution in [0.3, 0.4) is 0 Å². The van der Waals surface area contributed by atoms with Gasteiger partial charge in [0.1, 0.15) is 0 Å². The maximum atomic E-state index is 12.5. The quantitative estimate of drug-likeness (QED) is 0.769. The van der Waals surface area contributed by atoms with Gasteiger partial charge in [-0.25, -0.2) is 4.98 Å². The Kier molecular flexibility index (Phi) is 3.89. The van der Waals surface area contributed by atoms with Crippen LogP contribution < -0.4 is 5.32 Å². The second kappa shape index (κ2) is 6.39. The lowest BCUT2D eigenvalue weighted by Crippen LogP contribution is -2.43. The van der Waals surface area contributed by atoms with Gasteiger partial charge >= 0.3 is 0 Å². The van der Waals surface area contributed by atoms with Gasteiger partial charge in [-0.15, -0.1) is 0 Å². The molecule has 0 atom stereocenters. The van der Waals surface area contributed by atoms with Crippen LogP contribution in [0.2, 0.25) is 0 Å². The average molecular weight is 367 g/mol. The van der Waals surface area contributed by atoms with Crippen molar-refractivity contribution in [1.29, 1.82) is 0 Å². The van der Waals surface area contributed by atoms with E-state index < -0.39 is 0 Å². The van der Waals surface area contributed by atoms with E-state index in [1.165, 1.54) is 11.1 Å². The van der Waals surface area contributed by atoms with E-state index in [1.54, 1.807) is 11.3 Å². The molecule has 5 rings (SSSR count). The maximum absolute atomic E-state index is 12.5. The third-order valence-electron chi connectivity index (χ3n) is 5.33. The molecule has 3 aromatic rings. The number of nitrogens with one attached hydrogen (secondary N) is 1. The molecule has 1 saturated carbocycles. The SMILES string of the molecule is O=C(C1CCC1)N1CCn2nc(CNc3nc4ccccc4s3)cc2C1. The Labute approximate surface area is 155 Å². The van der Waals surface area contributed by atoms with Gasteiger partial charge in [-0.3, -0.25) is 9.48 Å². The zero-order valence-corrected chi connectivity index (χ0v) is 15.3. The fourth-order valence-electron chi connectivity index (χ4n) is 3.63. The number of rotatable bonds is 4. The van der Waals surface area contributed by atoms with Crippen LogP contribution in [-0.4, -0.2) is 32.1 Å². The van der Waals surface area contributed by atoms with Crippen molar-refractivity contribution in [3.05, 3.63) is 41.7 Å². The molecule has 2 aromatic heterocycles. The number of hydrogen-bond acceptors (Lipinski definition) is 5. The predicted molar refractivity (Wildman–Crippen MR) is 102 cm³/mol. The number of para-hydroxylation sites is 1. The molecule has 7 heteroatoms. The van der Waals surface area contributed by atoms with Gasteiger partial charge in [-0.05, 0) is 31.0 Å². The number of carbonyl (C=O) groups excluding carboxylic acids is 1. The van der Waals surface area contributed by atoms with Gasteiger partial charge in [-0.1, -0.05) is 29.9 Å². The molecule has 0 unspecified atom stereocenters. The fraction of sp³-hybridized carbons (Fsp3) is 0.421. The van der Waals surface area contributed by atoms with Crippen LogP contribution in [0.25, 0.3) is 10.2 Å². The Morgan fingerprint density at radius 3 is 2.96 bits per heavy atom. The zero-order valence-electron chi connectivity index (χ0n) is 14.5. The van der Waals surface area contributed by atoms with Gasteiger partial charge in [-0.2, -0.15) is 5.10 Å². The lowest BCUT2D eigenvalue weighted by Gasteiger charge is -2.34. The van der Waals surface area contributed by atoms with E-state index in [4.69, 9.17) is 0 Å². The van der Waals surface area contributed by atoms with Crippen LogP contribution in [0.4, 0.5) is 5.13 Å². The van der Waals surface area contributed by atoms with Crippen molar-refractivity contribution >= 4 is 32.6 Å². The van der Waals surface area contributed by atoms with Crippen molar-refractivity contribution in [2.75, 3.05) is 11.9 Å². The van der Waals surface area contributed by atoms with E-state index in [-0.39, 0.29) is 5.92 Å². The normalized spacial score (nSPS) is 17.2.